The van der Waals surface area contributed by atoms with Crippen molar-refractivity contribution >= 4 is 17.3 Å². The first-order chi connectivity index (χ1) is 14.6. The maximum atomic E-state index is 12.6. The van der Waals surface area contributed by atoms with Gasteiger partial charge in [0.05, 0.1) is 0 Å². The lowest BCUT2D eigenvalue weighted by molar-refractivity contribution is 0.102. The van der Waals surface area contributed by atoms with Crippen molar-refractivity contribution in [1.82, 2.24) is 4.90 Å². The first kappa shape index (κ1) is 20.2. The Kier molecular flexibility index (Phi) is 6.15. The highest BCUT2D eigenvalue weighted by Crippen LogP contribution is 2.18. The third kappa shape index (κ3) is 4.89. The fraction of sp³-hybridized carbons (Fsp3) is 0.269. The standard InChI is InChI=1S/C26H29N3O/c1-20-8-13-24(18-21(20)2)27-26(30)23-11-9-22(10-12-23)19-28-14-16-29(17-15-28)25-6-4-3-5-7-25/h3-13,18H,14-17,19H2,1-2H3,(H,27,30). The monoisotopic (exact) mass is 399 g/mol. The second-order valence-electron chi connectivity index (χ2n) is 8.05. The molecule has 30 heavy (non-hydrogen) atoms. The zero-order valence-corrected chi connectivity index (χ0v) is 17.8. The molecule has 0 saturated carbocycles. The quantitative estimate of drug-likeness (QED) is 0.664. The summed E-state index contributed by atoms with van der Waals surface area (Å²) in [6.45, 7) is 9.22. The zero-order valence-electron chi connectivity index (χ0n) is 17.8. The topological polar surface area (TPSA) is 35.6 Å². The molecule has 3 aromatic carbocycles. The second-order valence-corrected chi connectivity index (χ2v) is 8.05. The van der Waals surface area contributed by atoms with Gasteiger partial charge in [-0.25, -0.2) is 0 Å². The molecule has 1 N–H and O–H groups in total. The van der Waals surface area contributed by atoms with Crippen molar-refractivity contribution in [1.29, 1.82) is 0 Å². The third-order valence-electron chi connectivity index (χ3n) is 5.88. The van der Waals surface area contributed by atoms with Gasteiger partial charge in [0.15, 0.2) is 0 Å². The highest BCUT2D eigenvalue weighted by atomic mass is 16.1. The van der Waals surface area contributed by atoms with Crippen molar-refractivity contribution in [2.45, 2.75) is 20.4 Å². The molecule has 4 heteroatoms. The number of anilines is 2. The number of benzene rings is 3. The van der Waals surface area contributed by atoms with Gasteiger partial charge in [-0.2, -0.15) is 0 Å². The second kappa shape index (κ2) is 9.14. The molecule has 1 heterocycles. The number of hydrogen-bond acceptors (Lipinski definition) is 3. The molecule has 1 aliphatic heterocycles. The zero-order chi connectivity index (χ0) is 20.9. The van der Waals surface area contributed by atoms with Crippen molar-refractivity contribution < 1.29 is 4.79 Å². The maximum Gasteiger partial charge on any atom is 0.255 e. The number of nitrogens with zero attached hydrogens (tertiary/aromatic N) is 2. The van der Waals surface area contributed by atoms with E-state index in [0.717, 1.165) is 38.4 Å². The molecule has 0 aromatic heterocycles. The van der Waals surface area contributed by atoms with Gasteiger partial charge in [-0.15, -0.1) is 0 Å². The van der Waals surface area contributed by atoms with Crippen LogP contribution < -0.4 is 10.2 Å². The minimum absolute atomic E-state index is 0.0683. The number of nitrogens with one attached hydrogen (secondary N) is 1. The van der Waals surface area contributed by atoms with Gasteiger partial charge >= 0.3 is 0 Å². The molecule has 0 spiro atoms. The van der Waals surface area contributed by atoms with Gasteiger partial charge in [0.2, 0.25) is 0 Å². The number of para-hydroxylation sites is 1. The number of carbonyl (C=O) groups excluding carboxylic acids is 1. The van der Waals surface area contributed by atoms with E-state index in [1.54, 1.807) is 0 Å². The number of carbonyl (C=O) groups is 1. The lowest BCUT2D eigenvalue weighted by atomic mass is 10.1. The van der Waals surface area contributed by atoms with Gasteiger partial charge in [-0.05, 0) is 66.9 Å². The third-order valence-corrected chi connectivity index (χ3v) is 5.88. The van der Waals surface area contributed by atoms with Crippen LogP contribution in [0.3, 0.4) is 0 Å². The van der Waals surface area contributed by atoms with Crippen LogP contribution in [0, 0.1) is 13.8 Å². The molecule has 0 bridgehead atoms. The van der Waals surface area contributed by atoms with Gasteiger partial charge in [0.25, 0.3) is 5.91 Å². The maximum absolute atomic E-state index is 12.6. The van der Waals surface area contributed by atoms with Gasteiger partial charge in [0, 0.05) is 49.7 Å². The number of aryl methyl sites for hydroxylation is 2. The molecule has 4 nitrogen and oxygen atoms in total. The fourth-order valence-corrected chi connectivity index (χ4v) is 3.85. The summed E-state index contributed by atoms with van der Waals surface area (Å²) < 4.78 is 0. The van der Waals surface area contributed by atoms with Crippen molar-refractivity contribution in [3.8, 4) is 0 Å². The van der Waals surface area contributed by atoms with E-state index in [1.807, 2.05) is 30.3 Å². The molecule has 1 fully saturated rings. The summed E-state index contributed by atoms with van der Waals surface area (Å²) in [7, 11) is 0. The van der Waals surface area contributed by atoms with E-state index in [1.165, 1.54) is 22.4 Å². The van der Waals surface area contributed by atoms with Gasteiger partial charge in [-0.3, -0.25) is 9.69 Å². The summed E-state index contributed by atoms with van der Waals surface area (Å²) >= 11 is 0. The van der Waals surface area contributed by atoms with Crippen molar-refractivity contribution in [2.75, 3.05) is 36.4 Å². The van der Waals surface area contributed by atoms with Crippen LogP contribution in [0.4, 0.5) is 11.4 Å². The summed E-state index contributed by atoms with van der Waals surface area (Å²) in [5, 5.41) is 2.99. The van der Waals surface area contributed by atoms with Gasteiger partial charge in [-0.1, -0.05) is 36.4 Å². The SMILES string of the molecule is Cc1ccc(NC(=O)c2ccc(CN3CCN(c4ccccc4)CC3)cc2)cc1C. The smallest absolute Gasteiger partial charge is 0.255 e. The van der Waals surface area contributed by atoms with Crippen LogP contribution in [-0.4, -0.2) is 37.0 Å². The molecule has 0 unspecified atom stereocenters. The lowest BCUT2D eigenvalue weighted by Gasteiger charge is -2.36. The number of hydrogen-bond donors (Lipinski definition) is 1. The van der Waals surface area contributed by atoms with E-state index in [4.69, 9.17) is 0 Å². The number of amides is 1. The molecule has 4 rings (SSSR count). The summed E-state index contributed by atoms with van der Waals surface area (Å²) in [4.78, 5) is 17.5. The normalized spacial score (nSPS) is 14.5. The van der Waals surface area contributed by atoms with E-state index in [9.17, 15) is 4.79 Å². The van der Waals surface area contributed by atoms with Crippen LogP contribution >= 0.6 is 0 Å². The molecule has 0 aliphatic carbocycles. The molecule has 3 aromatic rings. The minimum Gasteiger partial charge on any atom is -0.369 e. The van der Waals surface area contributed by atoms with Crippen molar-refractivity contribution in [3.63, 3.8) is 0 Å². The Hall–Kier alpha value is -3.11. The highest BCUT2D eigenvalue weighted by Gasteiger charge is 2.17. The largest absolute Gasteiger partial charge is 0.369 e. The molecule has 0 radical (unpaired) electrons. The molecule has 154 valence electrons. The summed E-state index contributed by atoms with van der Waals surface area (Å²) in [6.07, 6.45) is 0. The Morgan fingerprint density at radius 2 is 1.53 bits per heavy atom. The summed E-state index contributed by atoms with van der Waals surface area (Å²) in [5.74, 6) is -0.0683. The molecular weight excluding hydrogens is 370 g/mol. The van der Waals surface area contributed by atoms with Crippen LogP contribution in [-0.2, 0) is 6.54 Å². The van der Waals surface area contributed by atoms with Crippen molar-refractivity contribution in [3.05, 3.63) is 95.1 Å². The molecule has 1 aliphatic rings. The Balaban J connectivity index is 1.30. The Labute approximate surface area is 179 Å². The van der Waals surface area contributed by atoms with Gasteiger partial charge in [0.1, 0.15) is 0 Å². The average Bonchev–Trinajstić information content (AvgIpc) is 2.78. The van der Waals surface area contributed by atoms with Crippen LogP contribution in [0.1, 0.15) is 27.0 Å². The molecular formula is C26H29N3O. The van der Waals surface area contributed by atoms with E-state index in [-0.39, 0.29) is 5.91 Å². The average molecular weight is 400 g/mol. The molecule has 1 saturated heterocycles. The predicted molar refractivity (Wildman–Crippen MR) is 124 cm³/mol. The fourth-order valence-electron chi connectivity index (χ4n) is 3.85. The molecule has 1 amide bonds. The summed E-state index contributed by atoms with van der Waals surface area (Å²) in [6, 6.07) is 24.6. The lowest BCUT2D eigenvalue weighted by Crippen LogP contribution is -2.45. The predicted octanol–water partition coefficient (Wildman–Crippen LogP) is 4.88. The number of piperazine rings is 1. The van der Waals surface area contributed by atoms with Crippen LogP contribution in [0.25, 0.3) is 0 Å². The van der Waals surface area contributed by atoms with Crippen LogP contribution in [0.15, 0.2) is 72.8 Å². The van der Waals surface area contributed by atoms with Crippen LogP contribution in [0.2, 0.25) is 0 Å². The minimum atomic E-state index is -0.0683. The summed E-state index contributed by atoms with van der Waals surface area (Å²) in [5.41, 5.74) is 6.47. The van der Waals surface area contributed by atoms with E-state index < -0.39 is 0 Å². The number of rotatable bonds is 5. The van der Waals surface area contributed by atoms with E-state index in [2.05, 4.69) is 71.4 Å². The van der Waals surface area contributed by atoms with E-state index >= 15 is 0 Å². The first-order valence-electron chi connectivity index (χ1n) is 10.6. The Morgan fingerprint density at radius 1 is 0.833 bits per heavy atom. The van der Waals surface area contributed by atoms with E-state index in [0.29, 0.717) is 5.56 Å². The van der Waals surface area contributed by atoms with Crippen LogP contribution in [0.5, 0.6) is 0 Å². The Morgan fingerprint density at radius 3 is 2.20 bits per heavy atom. The van der Waals surface area contributed by atoms with Gasteiger partial charge < -0.3 is 10.2 Å². The highest BCUT2D eigenvalue weighted by molar-refractivity contribution is 6.04. The molecule has 0 atom stereocenters. The van der Waals surface area contributed by atoms with Crippen molar-refractivity contribution in [2.24, 2.45) is 0 Å². The Bertz CT molecular complexity index is 991. The first-order valence-corrected chi connectivity index (χ1v) is 10.6.